The summed E-state index contributed by atoms with van der Waals surface area (Å²) in [6.07, 6.45) is 1.73. The topological polar surface area (TPSA) is 43.8 Å². The van der Waals surface area contributed by atoms with Crippen LogP contribution in [0.3, 0.4) is 0 Å². The van der Waals surface area contributed by atoms with Crippen molar-refractivity contribution in [2.24, 2.45) is 5.73 Å². The van der Waals surface area contributed by atoms with E-state index in [1.165, 1.54) is 22.4 Å². The number of aryl methyl sites for hydroxylation is 4. The molecule has 2 rings (SSSR count). The van der Waals surface area contributed by atoms with E-state index in [9.17, 15) is 0 Å². The van der Waals surface area contributed by atoms with Gasteiger partial charge >= 0.3 is 0 Å². The molecule has 0 aliphatic rings. The van der Waals surface area contributed by atoms with Crippen LogP contribution in [0.1, 0.15) is 35.0 Å². The van der Waals surface area contributed by atoms with Crippen molar-refractivity contribution in [1.29, 1.82) is 0 Å². The number of benzene rings is 1. The first-order chi connectivity index (χ1) is 9.92. The first-order valence-corrected chi connectivity index (χ1v) is 8.25. The SMILES string of the molecule is CCn1nc(C)c(Br)c1CC(N)Cc1ccc(C)c(C)c1. The Morgan fingerprint density at radius 2 is 1.90 bits per heavy atom. The summed E-state index contributed by atoms with van der Waals surface area (Å²) in [6.45, 7) is 9.29. The molecule has 0 radical (unpaired) electrons. The van der Waals surface area contributed by atoms with Gasteiger partial charge in [-0.05, 0) is 66.7 Å². The molecule has 0 aliphatic heterocycles. The van der Waals surface area contributed by atoms with Crippen LogP contribution in [-0.2, 0) is 19.4 Å². The van der Waals surface area contributed by atoms with Crippen molar-refractivity contribution in [2.45, 2.75) is 53.1 Å². The van der Waals surface area contributed by atoms with Crippen LogP contribution < -0.4 is 5.73 Å². The van der Waals surface area contributed by atoms with Gasteiger partial charge in [-0.3, -0.25) is 4.68 Å². The molecule has 4 heteroatoms. The standard InChI is InChI=1S/C17H24BrN3/c1-5-21-16(17(18)13(4)20-21)10-15(19)9-14-7-6-11(2)12(3)8-14/h6-8,15H,5,9-10,19H2,1-4H3. The molecule has 0 saturated carbocycles. The minimum absolute atomic E-state index is 0.102. The van der Waals surface area contributed by atoms with E-state index in [1.807, 2.05) is 11.6 Å². The first kappa shape index (κ1) is 16.2. The van der Waals surface area contributed by atoms with Gasteiger partial charge in [0.1, 0.15) is 0 Å². The van der Waals surface area contributed by atoms with Crippen molar-refractivity contribution in [2.75, 3.05) is 0 Å². The number of hydrogen-bond donors (Lipinski definition) is 1. The number of rotatable bonds is 5. The number of halogens is 1. The van der Waals surface area contributed by atoms with Gasteiger partial charge in [0, 0.05) is 19.0 Å². The van der Waals surface area contributed by atoms with E-state index in [0.717, 1.165) is 29.6 Å². The summed E-state index contributed by atoms with van der Waals surface area (Å²) in [5, 5.41) is 4.53. The zero-order valence-electron chi connectivity index (χ0n) is 13.3. The molecule has 0 saturated heterocycles. The molecule has 0 bridgehead atoms. The Kier molecular flexibility index (Phi) is 5.22. The zero-order chi connectivity index (χ0) is 15.6. The van der Waals surface area contributed by atoms with Crippen molar-refractivity contribution in [1.82, 2.24) is 9.78 Å². The van der Waals surface area contributed by atoms with E-state index < -0.39 is 0 Å². The Bertz CT molecular complexity index is 631. The molecule has 0 aliphatic carbocycles. The summed E-state index contributed by atoms with van der Waals surface area (Å²) in [7, 11) is 0. The summed E-state index contributed by atoms with van der Waals surface area (Å²) >= 11 is 3.64. The van der Waals surface area contributed by atoms with Crippen LogP contribution in [0.25, 0.3) is 0 Å². The van der Waals surface area contributed by atoms with Crippen molar-refractivity contribution in [3.8, 4) is 0 Å². The predicted molar refractivity (Wildman–Crippen MR) is 91.6 cm³/mol. The Morgan fingerprint density at radius 3 is 2.52 bits per heavy atom. The molecule has 0 spiro atoms. The van der Waals surface area contributed by atoms with Gasteiger partial charge in [0.25, 0.3) is 0 Å². The van der Waals surface area contributed by atoms with Crippen LogP contribution in [0.4, 0.5) is 0 Å². The maximum absolute atomic E-state index is 6.37. The minimum atomic E-state index is 0.102. The van der Waals surface area contributed by atoms with E-state index in [2.05, 4.69) is 60.0 Å². The summed E-state index contributed by atoms with van der Waals surface area (Å²) in [4.78, 5) is 0. The predicted octanol–water partition coefficient (Wildman–Crippen LogP) is 3.70. The lowest BCUT2D eigenvalue weighted by atomic mass is 9.99. The summed E-state index contributed by atoms with van der Waals surface area (Å²) < 4.78 is 3.14. The molecular formula is C17H24BrN3. The van der Waals surface area contributed by atoms with Crippen molar-refractivity contribution >= 4 is 15.9 Å². The fourth-order valence-electron chi connectivity index (χ4n) is 2.62. The quantitative estimate of drug-likeness (QED) is 0.894. The normalized spacial score (nSPS) is 12.7. The van der Waals surface area contributed by atoms with E-state index in [0.29, 0.717) is 0 Å². The molecule has 1 aromatic heterocycles. The van der Waals surface area contributed by atoms with Gasteiger partial charge in [-0.1, -0.05) is 18.2 Å². The molecule has 1 aromatic carbocycles. The average molecular weight is 350 g/mol. The fourth-order valence-corrected chi connectivity index (χ4v) is 3.06. The molecular weight excluding hydrogens is 326 g/mol. The Morgan fingerprint density at radius 1 is 1.19 bits per heavy atom. The molecule has 1 heterocycles. The number of nitrogens with zero attached hydrogens (tertiary/aromatic N) is 2. The van der Waals surface area contributed by atoms with E-state index in [4.69, 9.17) is 5.73 Å². The molecule has 21 heavy (non-hydrogen) atoms. The van der Waals surface area contributed by atoms with Crippen LogP contribution >= 0.6 is 15.9 Å². The first-order valence-electron chi connectivity index (χ1n) is 7.45. The second kappa shape index (κ2) is 6.75. The smallest absolute Gasteiger partial charge is 0.0738 e. The van der Waals surface area contributed by atoms with E-state index >= 15 is 0 Å². The molecule has 0 fully saturated rings. The molecule has 1 unspecified atom stereocenters. The van der Waals surface area contributed by atoms with Gasteiger partial charge in [-0.25, -0.2) is 0 Å². The molecule has 2 N–H and O–H groups in total. The number of hydrogen-bond acceptors (Lipinski definition) is 2. The highest BCUT2D eigenvalue weighted by atomic mass is 79.9. The van der Waals surface area contributed by atoms with E-state index in [-0.39, 0.29) is 6.04 Å². The molecule has 0 amide bonds. The third-order valence-electron chi connectivity index (χ3n) is 3.98. The number of aromatic nitrogens is 2. The summed E-state index contributed by atoms with van der Waals surface area (Å²) in [5.41, 5.74) is 12.6. The maximum atomic E-state index is 6.37. The van der Waals surface area contributed by atoms with Crippen LogP contribution in [0, 0.1) is 20.8 Å². The van der Waals surface area contributed by atoms with Gasteiger partial charge in [0.05, 0.1) is 15.9 Å². The van der Waals surface area contributed by atoms with Crippen LogP contribution in [0.15, 0.2) is 22.7 Å². The highest BCUT2D eigenvalue weighted by Crippen LogP contribution is 2.23. The monoisotopic (exact) mass is 349 g/mol. The fraction of sp³-hybridized carbons (Fsp3) is 0.471. The third kappa shape index (κ3) is 3.74. The second-order valence-electron chi connectivity index (χ2n) is 5.75. The zero-order valence-corrected chi connectivity index (χ0v) is 14.9. The van der Waals surface area contributed by atoms with Gasteiger partial charge < -0.3 is 5.73 Å². The summed E-state index contributed by atoms with van der Waals surface area (Å²) in [6, 6.07) is 6.70. The van der Waals surface area contributed by atoms with E-state index in [1.54, 1.807) is 0 Å². The van der Waals surface area contributed by atoms with Crippen LogP contribution in [0.5, 0.6) is 0 Å². The summed E-state index contributed by atoms with van der Waals surface area (Å²) in [5.74, 6) is 0. The number of nitrogens with two attached hydrogens (primary N) is 1. The Labute approximate surface area is 135 Å². The van der Waals surface area contributed by atoms with Gasteiger partial charge in [0.2, 0.25) is 0 Å². The molecule has 3 nitrogen and oxygen atoms in total. The van der Waals surface area contributed by atoms with Crippen molar-refractivity contribution < 1.29 is 0 Å². The lowest BCUT2D eigenvalue weighted by Gasteiger charge is -2.14. The molecule has 114 valence electrons. The Hall–Kier alpha value is -1.13. The maximum Gasteiger partial charge on any atom is 0.0738 e. The second-order valence-corrected chi connectivity index (χ2v) is 6.54. The lowest BCUT2D eigenvalue weighted by molar-refractivity contribution is 0.573. The van der Waals surface area contributed by atoms with Crippen molar-refractivity contribution in [3.05, 3.63) is 50.8 Å². The van der Waals surface area contributed by atoms with Crippen LogP contribution in [-0.4, -0.2) is 15.8 Å². The minimum Gasteiger partial charge on any atom is -0.327 e. The average Bonchev–Trinajstić information content (AvgIpc) is 2.70. The van der Waals surface area contributed by atoms with Gasteiger partial charge in [-0.2, -0.15) is 5.10 Å². The van der Waals surface area contributed by atoms with Gasteiger partial charge in [0.15, 0.2) is 0 Å². The lowest BCUT2D eigenvalue weighted by Crippen LogP contribution is -2.27. The van der Waals surface area contributed by atoms with Crippen LogP contribution in [0.2, 0.25) is 0 Å². The highest BCUT2D eigenvalue weighted by Gasteiger charge is 2.15. The van der Waals surface area contributed by atoms with Gasteiger partial charge in [-0.15, -0.1) is 0 Å². The molecule has 2 aromatic rings. The Balaban J connectivity index is 2.11. The molecule has 1 atom stereocenters. The van der Waals surface area contributed by atoms with Crippen molar-refractivity contribution in [3.63, 3.8) is 0 Å². The third-order valence-corrected chi connectivity index (χ3v) is 5.01. The largest absolute Gasteiger partial charge is 0.327 e. The highest BCUT2D eigenvalue weighted by molar-refractivity contribution is 9.10.